The maximum absolute atomic E-state index is 11.5. The molecule has 1 amide bonds. The molecule has 0 saturated carbocycles. The highest BCUT2D eigenvalue weighted by molar-refractivity contribution is 5.85. The standard InChI is InChI=1S/C15H22N2O4.ClH/c1-10-5-12(6-11(2)15(10)21-4)8-17(3)9-13(18)16-7-14(19)20;/h5-6H,7-9H2,1-4H3,(H,16,18)(H,19,20);1H. The Bertz CT molecular complexity index is 511. The minimum atomic E-state index is -1.05. The third-order valence-corrected chi connectivity index (χ3v) is 3.03. The first kappa shape index (κ1) is 20.2. The molecule has 6 nitrogen and oxygen atoms in total. The van der Waals surface area contributed by atoms with Crippen molar-refractivity contribution in [1.29, 1.82) is 0 Å². The third kappa shape index (κ3) is 6.32. The van der Waals surface area contributed by atoms with E-state index in [-0.39, 0.29) is 31.4 Å². The summed E-state index contributed by atoms with van der Waals surface area (Å²) in [5.41, 5.74) is 3.19. The number of aryl methyl sites for hydroxylation is 2. The average molecular weight is 331 g/mol. The Balaban J connectivity index is 0.00000441. The first-order valence-corrected chi connectivity index (χ1v) is 6.64. The summed E-state index contributed by atoms with van der Waals surface area (Å²) in [4.78, 5) is 23.8. The molecule has 1 rings (SSSR count). The van der Waals surface area contributed by atoms with Gasteiger partial charge in [0.2, 0.25) is 5.91 Å². The SMILES string of the molecule is COc1c(C)cc(CN(C)CC(=O)NCC(=O)O)cc1C.Cl. The van der Waals surface area contributed by atoms with Crippen molar-refractivity contribution in [3.63, 3.8) is 0 Å². The molecular weight excluding hydrogens is 308 g/mol. The fourth-order valence-electron chi connectivity index (χ4n) is 2.30. The van der Waals surface area contributed by atoms with Gasteiger partial charge in [-0.25, -0.2) is 0 Å². The summed E-state index contributed by atoms with van der Waals surface area (Å²) in [5, 5.41) is 10.8. The fourth-order valence-corrected chi connectivity index (χ4v) is 2.30. The molecule has 0 aliphatic carbocycles. The number of hydrogen-bond donors (Lipinski definition) is 2. The maximum Gasteiger partial charge on any atom is 0.322 e. The molecule has 1 aromatic carbocycles. The second kappa shape index (κ2) is 9.27. The number of carboxylic acid groups (broad SMARTS) is 1. The molecule has 0 saturated heterocycles. The lowest BCUT2D eigenvalue weighted by atomic mass is 10.1. The van der Waals surface area contributed by atoms with Crippen molar-refractivity contribution in [3.8, 4) is 5.75 Å². The molecule has 124 valence electrons. The van der Waals surface area contributed by atoms with E-state index in [2.05, 4.69) is 5.32 Å². The van der Waals surface area contributed by atoms with Gasteiger partial charge in [0.25, 0.3) is 0 Å². The molecule has 0 atom stereocenters. The average Bonchev–Trinajstić information content (AvgIpc) is 2.35. The van der Waals surface area contributed by atoms with E-state index in [1.807, 2.05) is 37.9 Å². The lowest BCUT2D eigenvalue weighted by molar-refractivity contribution is -0.138. The molecule has 0 spiro atoms. The molecule has 0 heterocycles. The molecule has 1 aromatic rings. The predicted octanol–water partition coefficient (Wildman–Crippen LogP) is 1.37. The number of carbonyl (C=O) groups is 2. The summed E-state index contributed by atoms with van der Waals surface area (Å²) in [6.07, 6.45) is 0. The molecule has 0 unspecified atom stereocenters. The van der Waals surface area contributed by atoms with E-state index in [9.17, 15) is 9.59 Å². The number of ether oxygens (including phenoxy) is 1. The zero-order valence-corrected chi connectivity index (χ0v) is 14.1. The summed E-state index contributed by atoms with van der Waals surface area (Å²) in [6, 6.07) is 4.05. The molecule has 0 aliphatic heterocycles. The minimum absolute atomic E-state index is 0. The molecule has 22 heavy (non-hydrogen) atoms. The van der Waals surface area contributed by atoms with Crippen molar-refractivity contribution < 1.29 is 19.4 Å². The lowest BCUT2D eigenvalue weighted by Gasteiger charge is -2.18. The molecular formula is C15H23ClN2O4. The van der Waals surface area contributed by atoms with E-state index in [0.717, 1.165) is 22.4 Å². The van der Waals surface area contributed by atoms with Crippen molar-refractivity contribution in [1.82, 2.24) is 10.2 Å². The molecule has 0 bridgehead atoms. The Morgan fingerprint density at radius 2 is 1.82 bits per heavy atom. The van der Waals surface area contributed by atoms with Gasteiger partial charge in [0.15, 0.2) is 0 Å². The van der Waals surface area contributed by atoms with Gasteiger partial charge >= 0.3 is 5.97 Å². The van der Waals surface area contributed by atoms with Gasteiger partial charge in [-0.3, -0.25) is 14.5 Å². The number of amides is 1. The van der Waals surface area contributed by atoms with E-state index < -0.39 is 5.97 Å². The van der Waals surface area contributed by atoms with Crippen LogP contribution in [0.25, 0.3) is 0 Å². The second-order valence-electron chi connectivity index (χ2n) is 5.11. The van der Waals surface area contributed by atoms with Gasteiger partial charge in [-0.2, -0.15) is 0 Å². The van der Waals surface area contributed by atoms with E-state index >= 15 is 0 Å². The van der Waals surface area contributed by atoms with E-state index in [0.29, 0.717) is 6.54 Å². The number of halogens is 1. The molecule has 0 aromatic heterocycles. The van der Waals surface area contributed by atoms with E-state index in [1.54, 1.807) is 7.11 Å². The Kier molecular flexibility index (Phi) is 8.52. The molecule has 2 N–H and O–H groups in total. The van der Waals surface area contributed by atoms with Crippen LogP contribution in [0.5, 0.6) is 5.75 Å². The monoisotopic (exact) mass is 330 g/mol. The highest BCUT2D eigenvalue weighted by Crippen LogP contribution is 2.24. The summed E-state index contributed by atoms with van der Waals surface area (Å²) < 4.78 is 5.32. The highest BCUT2D eigenvalue weighted by atomic mass is 35.5. The summed E-state index contributed by atoms with van der Waals surface area (Å²) in [6.45, 7) is 4.36. The zero-order valence-electron chi connectivity index (χ0n) is 13.3. The lowest BCUT2D eigenvalue weighted by Crippen LogP contribution is -2.37. The maximum atomic E-state index is 11.5. The first-order chi connectivity index (χ1) is 9.83. The van der Waals surface area contributed by atoms with Crippen molar-refractivity contribution >= 4 is 24.3 Å². The minimum Gasteiger partial charge on any atom is -0.496 e. The number of carbonyl (C=O) groups excluding carboxylic acids is 1. The highest BCUT2D eigenvalue weighted by Gasteiger charge is 2.10. The molecule has 0 radical (unpaired) electrons. The van der Waals surface area contributed by atoms with Gasteiger partial charge < -0.3 is 15.2 Å². The Morgan fingerprint density at radius 1 is 1.27 bits per heavy atom. The predicted molar refractivity (Wildman–Crippen MR) is 86.7 cm³/mol. The van der Waals surface area contributed by atoms with Gasteiger partial charge in [0, 0.05) is 6.54 Å². The molecule has 0 aliphatic rings. The van der Waals surface area contributed by atoms with Crippen molar-refractivity contribution in [3.05, 3.63) is 28.8 Å². The number of nitrogens with zero attached hydrogens (tertiary/aromatic N) is 1. The zero-order chi connectivity index (χ0) is 16.0. The molecule has 0 fully saturated rings. The van der Waals surface area contributed by atoms with E-state index in [4.69, 9.17) is 9.84 Å². The number of nitrogens with one attached hydrogen (secondary N) is 1. The number of aliphatic carboxylic acids is 1. The summed E-state index contributed by atoms with van der Waals surface area (Å²) in [5.74, 6) is -0.477. The number of methoxy groups -OCH3 is 1. The van der Waals surface area contributed by atoms with Crippen LogP contribution in [0.15, 0.2) is 12.1 Å². The molecule has 7 heteroatoms. The second-order valence-corrected chi connectivity index (χ2v) is 5.11. The topological polar surface area (TPSA) is 78.9 Å². The van der Waals surface area contributed by atoms with Crippen LogP contribution in [0.4, 0.5) is 0 Å². The van der Waals surface area contributed by atoms with Gasteiger partial charge in [0.1, 0.15) is 12.3 Å². The Morgan fingerprint density at radius 3 is 2.27 bits per heavy atom. The van der Waals surface area contributed by atoms with Crippen molar-refractivity contribution in [2.75, 3.05) is 27.2 Å². The number of hydrogen-bond acceptors (Lipinski definition) is 4. The number of benzene rings is 1. The normalized spacial score (nSPS) is 10.0. The van der Waals surface area contributed by atoms with Gasteiger partial charge in [-0.05, 0) is 37.6 Å². The first-order valence-electron chi connectivity index (χ1n) is 6.64. The number of carboxylic acids is 1. The summed E-state index contributed by atoms with van der Waals surface area (Å²) in [7, 11) is 3.46. The van der Waals surface area contributed by atoms with Crippen molar-refractivity contribution in [2.45, 2.75) is 20.4 Å². The van der Waals surface area contributed by atoms with Gasteiger partial charge in [0.05, 0.1) is 13.7 Å². The van der Waals surface area contributed by atoms with Crippen LogP contribution in [-0.4, -0.2) is 49.1 Å². The number of rotatable bonds is 7. The van der Waals surface area contributed by atoms with Gasteiger partial charge in [-0.1, -0.05) is 12.1 Å². The van der Waals surface area contributed by atoms with Crippen LogP contribution >= 0.6 is 12.4 Å². The van der Waals surface area contributed by atoms with Crippen LogP contribution < -0.4 is 10.1 Å². The Labute approximate surface area is 136 Å². The Hall–Kier alpha value is -1.79. The van der Waals surface area contributed by atoms with Crippen LogP contribution in [0, 0.1) is 13.8 Å². The van der Waals surface area contributed by atoms with Crippen LogP contribution in [-0.2, 0) is 16.1 Å². The van der Waals surface area contributed by atoms with E-state index in [1.165, 1.54) is 0 Å². The van der Waals surface area contributed by atoms with Crippen molar-refractivity contribution in [2.24, 2.45) is 0 Å². The fraction of sp³-hybridized carbons (Fsp3) is 0.467. The van der Waals surface area contributed by atoms with Crippen LogP contribution in [0.3, 0.4) is 0 Å². The third-order valence-electron chi connectivity index (χ3n) is 3.03. The quantitative estimate of drug-likeness (QED) is 0.789. The van der Waals surface area contributed by atoms with Crippen LogP contribution in [0.1, 0.15) is 16.7 Å². The largest absolute Gasteiger partial charge is 0.496 e. The van der Waals surface area contributed by atoms with Crippen LogP contribution in [0.2, 0.25) is 0 Å². The number of likely N-dealkylation sites (N-methyl/N-ethyl adjacent to an activating group) is 1. The van der Waals surface area contributed by atoms with Gasteiger partial charge in [-0.15, -0.1) is 12.4 Å². The summed E-state index contributed by atoms with van der Waals surface area (Å²) >= 11 is 0. The smallest absolute Gasteiger partial charge is 0.322 e.